The van der Waals surface area contributed by atoms with Crippen LogP contribution in [0.5, 0.6) is 5.75 Å². The molecule has 5 heteroatoms. The first kappa shape index (κ1) is 14.0. The van der Waals surface area contributed by atoms with Crippen LogP contribution in [-0.4, -0.2) is 34.1 Å². The van der Waals surface area contributed by atoms with Gasteiger partial charge in [0.25, 0.3) is 0 Å². The highest BCUT2D eigenvalue weighted by atomic mass is 32.2. The number of rotatable bonds is 7. The summed E-state index contributed by atoms with van der Waals surface area (Å²) in [6.45, 7) is 1.45. The number of benzene rings is 1. The summed E-state index contributed by atoms with van der Waals surface area (Å²) in [4.78, 5) is 0. The van der Waals surface area contributed by atoms with Gasteiger partial charge in [-0.2, -0.15) is 0 Å². The molecule has 1 rings (SSSR count). The van der Waals surface area contributed by atoms with E-state index < -0.39 is 9.84 Å². The SMILES string of the molecule is COc1ccc(CNCCCS(C)(=O)=O)cc1. The first-order valence-corrected chi connectivity index (χ1v) is 7.59. The van der Waals surface area contributed by atoms with Gasteiger partial charge >= 0.3 is 0 Å². The first-order chi connectivity index (χ1) is 8.01. The molecule has 0 spiro atoms. The lowest BCUT2D eigenvalue weighted by atomic mass is 10.2. The Kier molecular flexibility index (Phi) is 5.44. The number of ether oxygens (including phenoxy) is 1. The van der Waals surface area contributed by atoms with Crippen LogP contribution in [0.25, 0.3) is 0 Å². The fourth-order valence-electron chi connectivity index (χ4n) is 1.44. The lowest BCUT2D eigenvalue weighted by molar-refractivity contribution is 0.414. The zero-order valence-corrected chi connectivity index (χ0v) is 11.1. The van der Waals surface area contributed by atoms with Crippen molar-refractivity contribution in [2.45, 2.75) is 13.0 Å². The molecule has 0 radical (unpaired) electrons. The second-order valence-corrected chi connectivity index (χ2v) is 6.27. The Balaban J connectivity index is 2.22. The smallest absolute Gasteiger partial charge is 0.147 e. The van der Waals surface area contributed by atoms with Crippen LogP contribution in [0.3, 0.4) is 0 Å². The van der Waals surface area contributed by atoms with Crippen LogP contribution >= 0.6 is 0 Å². The van der Waals surface area contributed by atoms with E-state index >= 15 is 0 Å². The van der Waals surface area contributed by atoms with Gasteiger partial charge in [-0.25, -0.2) is 8.42 Å². The summed E-state index contributed by atoms with van der Waals surface area (Å²) in [7, 11) is -1.20. The molecule has 0 amide bonds. The third-order valence-corrected chi connectivity index (χ3v) is 3.39. The lowest BCUT2D eigenvalue weighted by Gasteiger charge is -2.05. The Hall–Kier alpha value is -1.07. The highest BCUT2D eigenvalue weighted by molar-refractivity contribution is 7.90. The summed E-state index contributed by atoms with van der Waals surface area (Å²) in [5, 5.41) is 3.21. The minimum atomic E-state index is -2.83. The summed E-state index contributed by atoms with van der Waals surface area (Å²) in [6.07, 6.45) is 1.91. The molecule has 0 aliphatic heterocycles. The Morgan fingerprint density at radius 1 is 1.24 bits per heavy atom. The van der Waals surface area contributed by atoms with Crippen molar-refractivity contribution < 1.29 is 13.2 Å². The van der Waals surface area contributed by atoms with E-state index in [1.807, 2.05) is 24.3 Å². The molecule has 0 saturated carbocycles. The van der Waals surface area contributed by atoms with Crippen LogP contribution in [-0.2, 0) is 16.4 Å². The quantitative estimate of drug-likeness (QED) is 0.746. The molecule has 0 unspecified atom stereocenters. The summed E-state index contributed by atoms with van der Waals surface area (Å²) < 4.78 is 26.8. The van der Waals surface area contributed by atoms with Crippen molar-refractivity contribution in [3.05, 3.63) is 29.8 Å². The van der Waals surface area contributed by atoms with Gasteiger partial charge in [0, 0.05) is 12.8 Å². The Morgan fingerprint density at radius 3 is 2.41 bits per heavy atom. The van der Waals surface area contributed by atoms with Crippen molar-refractivity contribution in [3.8, 4) is 5.75 Å². The number of nitrogens with one attached hydrogen (secondary N) is 1. The van der Waals surface area contributed by atoms with Crippen LogP contribution in [0.4, 0.5) is 0 Å². The largest absolute Gasteiger partial charge is 0.497 e. The van der Waals surface area contributed by atoms with Gasteiger partial charge in [-0.1, -0.05) is 12.1 Å². The predicted molar refractivity (Wildman–Crippen MR) is 69.0 cm³/mol. The average molecular weight is 257 g/mol. The van der Waals surface area contributed by atoms with Gasteiger partial charge in [-0.15, -0.1) is 0 Å². The molecular formula is C12H19NO3S. The van der Waals surface area contributed by atoms with Crippen molar-refractivity contribution in [2.24, 2.45) is 0 Å². The predicted octanol–water partition coefficient (Wildman–Crippen LogP) is 1.22. The molecule has 0 atom stereocenters. The molecule has 1 aromatic carbocycles. The van der Waals surface area contributed by atoms with Crippen molar-refractivity contribution in [3.63, 3.8) is 0 Å². The highest BCUT2D eigenvalue weighted by Crippen LogP contribution is 2.10. The maximum absolute atomic E-state index is 10.9. The molecule has 0 saturated heterocycles. The van der Waals surface area contributed by atoms with E-state index in [0.29, 0.717) is 13.0 Å². The lowest BCUT2D eigenvalue weighted by Crippen LogP contribution is -2.17. The summed E-state index contributed by atoms with van der Waals surface area (Å²) in [5.74, 6) is 1.08. The van der Waals surface area contributed by atoms with E-state index in [-0.39, 0.29) is 5.75 Å². The van der Waals surface area contributed by atoms with E-state index in [0.717, 1.165) is 17.9 Å². The summed E-state index contributed by atoms with van der Waals surface area (Å²) >= 11 is 0. The summed E-state index contributed by atoms with van der Waals surface area (Å²) in [5.41, 5.74) is 1.16. The molecule has 1 aromatic rings. The second-order valence-electron chi connectivity index (χ2n) is 4.01. The fraction of sp³-hybridized carbons (Fsp3) is 0.500. The van der Waals surface area contributed by atoms with Crippen molar-refractivity contribution in [2.75, 3.05) is 25.7 Å². The first-order valence-electron chi connectivity index (χ1n) is 5.52. The van der Waals surface area contributed by atoms with E-state index in [1.54, 1.807) is 7.11 Å². The molecule has 0 heterocycles. The van der Waals surface area contributed by atoms with Crippen molar-refractivity contribution in [1.82, 2.24) is 5.32 Å². The van der Waals surface area contributed by atoms with Crippen LogP contribution in [0, 0.1) is 0 Å². The van der Waals surface area contributed by atoms with Gasteiger partial charge in [0.1, 0.15) is 15.6 Å². The molecule has 0 bridgehead atoms. The van der Waals surface area contributed by atoms with Gasteiger partial charge in [0.2, 0.25) is 0 Å². The molecule has 0 aliphatic carbocycles. The maximum Gasteiger partial charge on any atom is 0.147 e. The topological polar surface area (TPSA) is 55.4 Å². The minimum absolute atomic E-state index is 0.239. The summed E-state index contributed by atoms with van der Waals surface area (Å²) in [6, 6.07) is 7.80. The Bertz CT molecular complexity index is 426. The number of methoxy groups -OCH3 is 1. The van der Waals surface area contributed by atoms with E-state index in [1.165, 1.54) is 6.26 Å². The molecular weight excluding hydrogens is 238 g/mol. The van der Waals surface area contributed by atoms with Crippen LogP contribution in [0.2, 0.25) is 0 Å². The fourth-order valence-corrected chi connectivity index (χ4v) is 2.10. The van der Waals surface area contributed by atoms with Crippen LogP contribution in [0.15, 0.2) is 24.3 Å². The van der Waals surface area contributed by atoms with Crippen LogP contribution in [0.1, 0.15) is 12.0 Å². The highest BCUT2D eigenvalue weighted by Gasteiger charge is 2.00. The molecule has 4 nitrogen and oxygen atoms in total. The number of sulfone groups is 1. The molecule has 17 heavy (non-hydrogen) atoms. The zero-order valence-electron chi connectivity index (χ0n) is 10.3. The third-order valence-electron chi connectivity index (χ3n) is 2.36. The monoisotopic (exact) mass is 257 g/mol. The molecule has 96 valence electrons. The van der Waals surface area contributed by atoms with E-state index in [4.69, 9.17) is 4.74 Å². The molecule has 0 fully saturated rings. The van der Waals surface area contributed by atoms with Gasteiger partial charge in [0.15, 0.2) is 0 Å². The van der Waals surface area contributed by atoms with Gasteiger partial charge in [-0.05, 0) is 30.7 Å². The second kappa shape index (κ2) is 6.61. The average Bonchev–Trinajstić information content (AvgIpc) is 2.28. The minimum Gasteiger partial charge on any atom is -0.497 e. The third kappa shape index (κ3) is 6.28. The van der Waals surface area contributed by atoms with E-state index in [2.05, 4.69) is 5.32 Å². The van der Waals surface area contributed by atoms with Crippen LogP contribution < -0.4 is 10.1 Å². The molecule has 0 aliphatic rings. The molecule has 0 aromatic heterocycles. The standard InChI is InChI=1S/C12H19NO3S/c1-16-12-6-4-11(5-7-12)10-13-8-3-9-17(2,14)15/h4-7,13H,3,8-10H2,1-2H3. The Labute approximate surface area is 103 Å². The zero-order chi connectivity index (χ0) is 12.7. The van der Waals surface area contributed by atoms with E-state index in [9.17, 15) is 8.42 Å². The number of hydrogen-bond acceptors (Lipinski definition) is 4. The van der Waals surface area contributed by atoms with Gasteiger partial charge < -0.3 is 10.1 Å². The van der Waals surface area contributed by atoms with Crippen molar-refractivity contribution in [1.29, 1.82) is 0 Å². The van der Waals surface area contributed by atoms with Gasteiger partial charge in [-0.3, -0.25) is 0 Å². The number of hydrogen-bond donors (Lipinski definition) is 1. The Morgan fingerprint density at radius 2 is 1.88 bits per heavy atom. The molecule has 1 N–H and O–H groups in total. The normalized spacial score (nSPS) is 11.4. The maximum atomic E-state index is 10.9. The van der Waals surface area contributed by atoms with Gasteiger partial charge in [0.05, 0.1) is 12.9 Å². The van der Waals surface area contributed by atoms with Crippen molar-refractivity contribution >= 4 is 9.84 Å².